The second kappa shape index (κ2) is 8.61. The summed E-state index contributed by atoms with van der Waals surface area (Å²) in [5, 5.41) is -0.204. The van der Waals surface area contributed by atoms with Crippen LogP contribution in [0.3, 0.4) is 0 Å². The molecular weight excluding hydrogens is 512 g/mol. The molecule has 1 heterocycles. The predicted octanol–water partition coefficient (Wildman–Crippen LogP) is 4.56. The number of ether oxygens (including phenoxy) is 1. The van der Waals surface area contributed by atoms with Crippen molar-refractivity contribution in [3.63, 3.8) is 0 Å². The van der Waals surface area contributed by atoms with Gasteiger partial charge in [0, 0.05) is 50.7 Å². The first-order valence-electron chi connectivity index (χ1n) is 12.4. The Labute approximate surface area is 214 Å². The molecule has 2 saturated carbocycles. The van der Waals surface area contributed by atoms with E-state index in [1.807, 2.05) is 19.2 Å². The van der Waals surface area contributed by atoms with Crippen molar-refractivity contribution in [3.05, 3.63) is 65.2 Å². The highest BCUT2D eigenvalue weighted by atomic mass is 79.9. The van der Waals surface area contributed by atoms with Crippen molar-refractivity contribution in [2.75, 3.05) is 31.5 Å². The van der Waals surface area contributed by atoms with E-state index in [2.05, 4.69) is 52.9 Å². The van der Waals surface area contributed by atoms with Crippen molar-refractivity contribution >= 4 is 32.7 Å². The Morgan fingerprint density at radius 2 is 1.68 bits per heavy atom. The third-order valence-electron chi connectivity index (χ3n) is 8.91. The van der Waals surface area contributed by atoms with Crippen molar-refractivity contribution in [1.29, 1.82) is 0 Å². The van der Waals surface area contributed by atoms with E-state index in [1.54, 1.807) is 0 Å². The normalized spacial score (nSPS) is 29.2. The molecule has 0 radical (unpaired) electrons. The van der Waals surface area contributed by atoms with Crippen LogP contribution in [-0.4, -0.2) is 50.9 Å². The number of nitrogens with zero attached hydrogens (tertiary/aromatic N) is 1. The summed E-state index contributed by atoms with van der Waals surface area (Å²) in [5.74, 6) is 1.27. The molecule has 3 fully saturated rings. The lowest BCUT2D eigenvalue weighted by Gasteiger charge is -2.35. The highest BCUT2D eigenvalue weighted by molar-refractivity contribution is 8.93. The van der Waals surface area contributed by atoms with Crippen LogP contribution >= 0.6 is 17.0 Å². The van der Waals surface area contributed by atoms with Crippen LogP contribution in [0, 0.1) is 11.8 Å². The third kappa shape index (κ3) is 3.93. The van der Waals surface area contributed by atoms with Crippen LogP contribution < -0.4 is 4.72 Å². The smallest absolute Gasteiger partial charge is 0.235 e. The summed E-state index contributed by atoms with van der Waals surface area (Å²) in [4.78, 5) is 2.61. The first kappa shape index (κ1) is 24.3. The van der Waals surface area contributed by atoms with Crippen LogP contribution in [-0.2, 0) is 33.0 Å². The molecule has 34 heavy (non-hydrogen) atoms. The number of piperidine rings is 1. The molecule has 1 saturated heterocycles. The largest absolute Gasteiger partial charge is 0.376 e. The number of fused-ring (bicyclic) bond motifs is 2. The molecule has 2 aromatic carbocycles. The van der Waals surface area contributed by atoms with E-state index in [9.17, 15) is 8.42 Å². The molecule has 184 valence electrons. The fraction of sp³-hybridized carbons (Fsp3) is 0.556. The SMILES string of the molecule is Br.CCC1(c2cccc(NS(=O)(=O)C3CC3)c2)[C@@H]2CN(CC3(OC)Cc4ccccc4C3)C[C@@H]21. The van der Waals surface area contributed by atoms with E-state index in [1.165, 1.54) is 16.7 Å². The van der Waals surface area contributed by atoms with Gasteiger partial charge >= 0.3 is 0 Å². The van der Waals surface area contributed by atoms with E-state index >= 15 is 0 Å². The van der Waals surface area contributed by atoms with Crippen molar-refractivity contribution in [2.45, 2.75) is 55.3 Å². The second-order valence-corrected chi connectivity index (χ2v) is 12.7. The molecule has 1 aliphatic heterocycles. The number of likely N-dealkylation sites (tertiary alicyclic amines) is 1. The number of benzene rings is 2. The van der Waals surface area contributed by atoms with Gasteiger partial charge in [-0.3, -0.25) is 9.62 Å². The van der Waals surface area contributed by atoms with Gasteiger partial charge in [-0.05, 0) is 59.9 Å². The molecule has 0 amide bonds. The van der Waals surface area contributed by atoms with Gasteiger partial charge in [0.05, 0.1) is 10.9 Å². The molecule has 1 unspecified atom stereocenters. The van der Waals surface area contributed by atoms with E-state index in [0.29, 0.717) is 11.8 Å². The number of rotatable bonds is 8. The first-order valence-corrected chi connectivity index (χ1v) is 13.9. The summed E-state index contributed by atoms with van der Waals surface area (Å²) < 4.78 is 33.8. The number of halogens is 1. The Kier molecular flexibility index (Phi) is 6.15. The average Bonchev–Trinajstić information content (AvgIpc) is 3.68. The number of methoxy groups -OCH3 is 1. The molecule has 4 aliphatic rings. The molecule has 6 rings (SSSR count). The van der Waals surface area contributed by atoms with Crippen LogP contribution in [0.1, 0.15) is 42.9 Å². The molecule has 5 nitrogen and oxygen atoms in total. The number of hydrogen-bond acceptors (Lipinski definition) is 4. The second-order valence-electron chi connectivity index (χ2n) is 10.7. The minimum atomic E-state index is -3.23. The summed E-state index contributed by atoms with van der Waals surface area (Å²) >= 11 is 0. The van der Waals surface area contributed by atoms with E-state index < -0.39 is 10.0 Å². The molecule has 0 spiro atoms. The number of nitrogens with one attached hydrogen (secondary N) is 1. The number of anilines is 1. The molecule has 1 N–H and O–H groups in total. The fourth-order valence-corrected chi connectivity index (χ4v) is 8.37. The lowest BCUT2D eigenvalue weighted by Crippen LogP contribution is -2.46. The Hall–Kier alpha value is -1.41. The van der Waals surface area contributed by atoms with Crippen molar-refractivity contribution < 1.29 is 13.2 Å². The summed E-state index contributed by atoms with van der Waals surface area (Å²) in [5.41, 5.74) is 4.93. The Bertz CT molecular complexity index is 1140. The molecule has 0 aromatic heterocycles. The average molecular weight is 548 g/mol. The van der Waals surface area contributed by atoms with Gasteiger partial charge in [0.15, 0.2) is 0 Å². The van der Waals surface area contributed by atoms with Crippen LogP contribution in [0.2, 0.25) is 0 Å². The van der Waals surface area contributed by atoms with Gasteiger partial charge < -0.3 is 4.74 Å². The Balaban J connectivity index is 0.00000241. The minimum absolute atomic E-state index is 0. The van der Waals surface area contributed by atoms with Gasteiger partial charge in [-0.15, -0.1) is 17.0 Å². The highest BCUT2D eigenvalue weighted by Gasteiger charge is 2.67. The summed E-state index contributed by atoms with van der Waals surface area (Å²) in [6.07, 6.45) is 4.64. The fourth-order valence-electron chi connectivity index (χ4n) is 6.99. The van der Waals surface area contributed by atoms with Crippen LogP contribution in [0.5, 0.6) is 0 Å². The predicted molar refractivity (Wildman–Crippen MR) is 141 cm³/mol. The van der Waals surface area contributed by atoms with Gasteiger partial charge in [0.2, 0.25) is 10.0 Å². The van der Waals surface area contributed by atoms with Crippen LogP contribution in [0.15, 0.2) is 48.5 Å². The van der Waals surface area contributed by atoms with E-state index in [4.69, 9.17) is 4.74 Å². The van der Waals surface area contributed by atoms with Gasteiger partial charge in [0.25, 0.3) is 0 Å². The maximum absolute atomic E-state index is 12.4. The summed E-state index contributed by atoms with van der Waals surface area (Å²) in [7, 11) is -1.37. The van der Waals surface area contributed by atoms with Gasteiger partial charge in [-0.2, -0.15) is 0 Å². The van der Waals surface area contributed by atoms with Gasteiger partial charge in [-0.25, -0.2) is 8.42 Å². The maximum atomic E-state index is 12.4. The van der Waals surface area contributed by atoms with Crippen molar-refractivity contribution in [2.24, 2.45) is 11.8 Å². The zero-order valence-corrected chi connectivity index (χ0v) is 22.5. The lowest BCUT2D eigenvalue weighted by molar-refractivity contribution is -0.0276. The standard InChI is InChI=1S/C27H34N2O3S.BrH/c1-3-27(21-9-6-10-22(13-21)28-33(30,31)23-11-12-23)24-16-29(17-25(24)27)18-26(32-2)14-19-7-4-5-8-20(19)15-26;/h4-10,13,23-25,28H,3,11-12,14-18H2,1-2H3;1H/t24-,25+,27?;. The summed E-state index contributed by atoms with van der Waals surface area (Å²) in [6, 6.07) is 16.9. The quantitative estimate of drug-likeness (QED) is 0.527. The lowest BCUT2D eigenvalue weighted by atomic mass is 9.87. The van der Waals surface area contributed by atoms with Crippen LogP contribution in [0.4, 0.5) is 5.69 Å². The van der Waals surface area contributed by atoms with E-state index in [-0.39, 0.29) is 33.2 Å². The number of hydrogen-bond donors (Lipinski definition) is 1. The van der Waals surface area contributed by atoms with Gasteiger partial charge in [0.1, 0.15) is 0 Å². The molecule has 3 atom stereocenters. The monoisotopic (exact) mass is 546 g/mol. The maximum Gasteiger partial charge on any atom is 0.235 e. The third-order valence-corrected chi connectivity index (χ3v) is 10.8. The zero-order valence-electron chi connectivity index (χ0n) is 20.0. The highest BCUT2D eigenvalue weighted by Crippen LogP contribution is 2.65. The number of sulfonamides is 1. The van der Waals surface area contributed by atoms with Gasteiger partial charge in [-0.1, -0.05) is 43.3 Å². The zero-order chi connectivity index (χ0) is 22.8. The summed E-state index contributed by atoms with van der Waals surface area (Å²) in [6.45, 7) is 5.45. The Morgan fingerprint density at radius 3 is 2.24 bits per heavy atom. The minimum Gasteiger partial charge on any atom is -0.376 e. The molecular formula is C27H35BrN2O3S. The van der Waals surface area contributed by atoms with Crippen LogP contribution in [0.25, 0.3) is 0 Å². The Morgan fingerprint density at radius 1 is 1.03 bits per heavy atom. The van der Waals surface area contributed by atoms with Crippen molar-refractivity contribution in [1.82, 2.24) is 4.90 Å². The molecule has 2 aromatic rings. The molecule has 7 heteroatoms. The molecule has 3 aliphatic carbocycles. The molecule has 0 bridgehead atoms. The first-order chi connectivity index (χ1) is 15.9. The van der Waals surface area contributed by atoms with E-state index in [0.717, 1.165) is 57.4 Å². The van der Waals surface area contributed by atoms with Crippen molar-refractivity contribution in [3.8, 4) is 0 Å². The topological polar surface area (TPSA) is 58.6 Å².